The van der Waals surface area contributed by atoms with Crippen LogP contribution in [0.3, 0.4) is 0 Å². The number of likely N-dealkylation sites (tertiary alicyclic amines) is 1. The van der Waals surface area contributed by atoms with Crippen LogP contribution < -0.4 is 4.90 Å². The van der Waals surface area contributed by atoms with Gasteiger partial charge in [-0.25, -0.2) is 4.98 Å². The van der Waals surface area contributed by atoms with E-state index in [0.717, 1.165) is 6.54 Å². The zero-order chi connectivity index (χ0) is 13.1. The molecule has 0 aliphatic carbocycles. The summed E-state index contributed by atoms with van der Waals surface area (Å²) in [5, 5.41) is 0. The molecule has 2 aliphatic rings. The van der Waals surface area contributed by atoms with Gasteiger partial charge >= 0.3 is 0 Å². The Morgan fingerprint density at radius 1 is 1.16 bits per heavy atom. The van der Waals surface area contributed by atoms with Crippen molar-refractivity contribution in [3.63, 3.8) is 0 Å². The van der Waals surface area contributed by atoms with Crippen LogP contribution in [0.1, 0.15) is 50.6 Å². The van der Waals surface area contributed by atoms with E-state index < -0.39 is 0 Å². The number of pyridine rings is 1. The SMILES string of the molecule is CCN1CCCC[C@@H]1c1cccnc1N1CCCC1. The number of rotatable bonds is 3. The van der Waals surface area contributed by atoms with Gasteiger partial charge < -0.3 is 4.90 Å². The third-order valence-corrected chi connectivity index (χ3v) is 4.60. The Hall–Kier alpha value is -1.09. The normalized spacial score (nSPS) is 24.9. The first-order valence-electron chi connectivity index (χ1n) is 7.84. The largest absolute Gasteiger partial charge is 0.356 e. The van der Waals surface area contributed by atoms with E-state index >= 15 is 0 Å². The average molecular weight is 259 g/mol. The van der Waals surface area contributed by atoms with Crippen LogP contribution in [0.2, 0.25) is 0 Å². The standard InChI is InChI=1S/C16H25N3/c1-2-18-11-4-3-9-15(18)14-8-7-10-17-16(14)19-12-5-6-13-19/h7-8,10,15H,2-6,9,11-13H2,1H3/t15-/m1/s1. The summed E-state index contributed by atoms with van der Waals surface area (Å²) in [5.41, 5.74) is 1.46. The van der Waals surface area contributed by atoms with Gasteiger partial charge in [0, 0.05) is 30.9 Å². The molecule has 2 saturated heterocycles. The zero-order valence-electron chi connectivity index (χ0n) is 12.0. The molecule has 3 heterocycles. The molecule has 2 fully saturated rings. The fourth-order valence-corrected chi connectivity index (χ4v) is 3.58. The van der Waals surface area contributed by atoms with Crippen LogP contribution >= 0.6 is 0 Å². The van der Waals surface area contributed by atoms with E-state index in [0.29, 0.717) is 6.04 Å². The van der Waals surface area contributed by atoms with Crippen LogP contribution in [0.25, 0.3) is 0 Å². The molecule has 3 rings (SSSR count). The predicted molar refractivity (Wildman–Crippen MR) is 79.5 cm³/mol. The molecule has 2 aliphatic heterocycles. The van der Waals surface area contributed by atoms with Crippen LogP contribution in [0.5, 0.6) is 0 Å². The number of anilines is 1. The van der Waals surface area contributed by atoms with Gasteiger partial charge in [-0.2, -0.15) is 0 Å². The van der Waals surface area contributed by atoms with Crippen molar-refractivity contribution in [2.45, 2.75) is 45.1 Å². The molecule has 0 aromatic carbocycles. The Morgan fingerprint density at radius 3 is 2.74 bits per heavy atom. The van der Waals surface area contributed by atoms with Crippen LogP contribution in [0.15, 0.2) is 18.3 Å². The van der Waals surface area contributed by atoms with E-state index in [1.807, 2.05) is 6.20 Å². The van der Waals surface area contributed by atoms with Crippen molar-refractivity contribution in [3.05, 3.63) is 23.9 Å². The van der Waals surface area contributed by atoms with Crippen molar-refractivity contribution in [3.8, 4) is 0 Å². The molecule has 0 radical (unpaired) electrons. The van der Waals surface area contributed by atoms with Gasteiger partial charge in [-0.15, -0.1) is 0 Å². The first-order chi connectivity index (χ1) is 9.40. The van der Waals surface area contributed by atoms with Crippen LogP contribution in [0, 0.1) is 0 Å². The Labute approximate surface area is 116 Å². The molecule has 1 aromatic rings. The van der Waals surface area contributed by atoms with Crippen LogP contribution in [-0.4, -0.2) is 36.1 Å². The summed E-state index contributed by atoms with van der Waals surface area (Å²) in [4.78, 5) is 9.81. The maximum Gasteiger partial charge on any atom is 0.133 e. The lowest BCUT2D eigenvalue weighted by molar-refractivity contribution is 0.157. The summed E-state index contributed by atoms with van der Waals surface area (Å²) < 4.78 is 0. The summed E-state index contributed by atoms with van der Waals surface area (Å²) in [5.74, 6) is 1.25. The van der Waals surface area contributed by atoms with Crippen molar-refractivity contribution in [2.75, 3.05) is 31.1 Å². The number of piperidine rings is 1. The summed E-state index contributed by atoms with van der Waals surface area (Å²) in [7, 11) is 0. The fraction of sp³-hybridized carbons (Fsp3) is 0.688. The minimum Gasteiger partial charge on any atom is -0.356 e. The molecule has 1 atom stereocenters. The third kappa shape index (κ3) is 2.62. The van der Waals surface area contributed by atoms with Gasteiger partial charge in [0.05, 0.1) is 0 Å². The second kappa shape index (κ2) is 5.91. The second-order valence-electron chi connectivity index (χ2n) is 5.75. The summed E-state index contributed by atoms with van der Waals surface area (Å²) >= 11 is 0. The molecular weight excluding hydrogens is 234 g/mol. The van der Waals surface area contributed by atoms with E-state index in [1.165, 1.54) is 63.1 Å². The summed E-state index contributed by atoms with van der Waals surface area (Å²) in [6.45, 7) is 7.05. The van der Waals surface area contributed by atoms with Gasteiger partial charge in [-0.3, -0.25) is 4.90 Å². The average Bonchev–Trinajstić information content (AvgIpc) is 3.01. The first-order valence-corrected chi connectivity index (χ1v) is 7.84. The Balaban J connectivity index is 1.90. The van der Waals surface area contributed by atoms with Gasteiger partial charge in [0.1, 0.15) is 5.82 Å². The number of hydrogen-bond donors (Lipinski definition) is 0. The van der Waals surface area contributed by atoms with E-state index in [-0.39, 0.29) is 0 Å². The van der Waals surface area contributed by atoms with Crippen molar-refractivity contribution < 1.29 is 0 Å². The molecule has 0 spiro atoms. The third-order valence-electron chi connectivity index (χ3n) is 4.60. The number of hydrogen-bond acceptors (Lipinski definition) is 3. The highest BCUT2D eigenvalue weighted by molar-refractivity contribution is 5.49. The summed E-state index contributed by atoms with van der Waals surface area (Å²) in [6.07, 6.45) is 8.59. The number of aromatic nitrogens is 1. The maximum absolute atomic E-state index is 4.70. The van der Waals surface area contributed by atoms with Crippen molar-refractivity contribution in [1.29, 1.82) is 0 Å². The predicted octanol–water partition coefficient (Wildman–Crippen LogP) is 3.23. The highest BCUT2D eigenvalue weighted by atomic mass is 15.2. The second-order valence-corrected chi connectivity index (χ2v) is 5.75. The minimum atomic E-state index is 0.586. The quantitative estimate of drug-likeness (QED) is 0.831. The molecule has 0 saturated carbocycles. The van der Waals surface area contributed by atoms with E-state index in [4.69, 9.17) is 4.98 Å². The Morgan fingerprint density at radius 2 is 1.95 bits per heavy atom. The Bertz CT molecular complexity index is 412. The lowest BCUT2D eigenvalue weighted by atomic mass is 9.95. The topological polar surface area (TPSA) is 19.4 Å². The molecule has 0 bridgehead atoms. The first kappa shape index (κ1) is 12.9. The molecule has 3 nitrogen and oxygen atoms in total. The molecule has 3 heteroatoms. The molecular formula is C16H25N3. The van der Waals surface area contributed by atoms with Crippen LogP contribution in [0.4, 0.5) is 5.82 Å². The highest BCUT2D eigenvalue weighted by Crippen LogP contribution is 2.35. The fourth-order valence-electron chi connectivity index (χ4n) is 3.58. The molecule has 19 heavy (non-hydrogen) atoms. The van der Waals surface area contributed by atoms with Crippen molar-refractivity contribution in [1.82, 2.24) is 9.88 Å². The molecule has 104 valence electrons. The van der Waals surface area contributed by atoms with Gasteiger partial charge in [0.2, 0.25) is 0 Å². The van der Waals surface area contributed by atoms with Gasteiger partial charge in [-0.05, 0) is 44.8 Å². The maximum atomic E-state index is 4.70. The van der Waals surface area contributed by atoms with Gasteiger partial charge in [-0.1, -0.05) is 19.4 Å². The summed E-state index contributed by atoms with van der Waals surface area (Å²) in [6, 6.07) is 5.00. The lowest BCUT2D eigenvalue weighted by Crippen LogP contribution is -2.34. The zero-order valence-corrected chi connectivity index (χ0v) is 12.0. The molecule has 0 unspecified atom stereocenters. The van der Waals surface area contributed by atoms with E-state index in [2.05, 4.69) is 28.9 Å². The van der Waals surface area contributed by atoms with E-state index in [1.54, 1.807) is 0 Å². The molecule has 0 amide bonds. The van der Waals surface area contributed by atoms with Gasteiger partial charge in [0.15, 0.2) is 0 Å². The molecule has 0 N–H and O–H groups in total. The molecule has 1 aromatic heterocycles. The van der Waals surface area contributed by atoms with Crippen molar-refractivity contribution in [2.24, 2.45) is 0 Å². The van der Waals surface area contributed by atoms with Crippen LogP contribution in [-0.2, 0) is 0 Å². The Kier molecular flexibility index (Phi) is 4.02. The lowest BCUT2D eigenvalue weighted by Gasteiger charge is -2.36. The highest BCUT2D eigenvalue weighted by Gasteiger charge is 2.27. The van der Waals surface area contributed by atoms with Gasteiger partial charge in [0.25, 0.3) is 0 Å². The minimum absolute atomic E-state index is 0.586. The number of nitrogens with zero attached hydrogens (tertiary/aromatic N) is 3. The smallest absolute Gasteiger partial charge is 0.133 e. The monoisotopic (exact) mass is 259 g/mol. The van der Waals surface area contributed by atoms with E-state index in [9.17, 15) is 0 Å². The van der Waals surface area contributed by atoms with Crippen molar-refractivity contribution >= 4 is 5.82 Å².